The zero-order valence-corrected chi connectivity index (χ0v) is 20.2. The minimum atomic E-state index is -1.70. The van der Waals surface area contributed by atoms with Crippen LogP contribution in [-0.2, 0) is 24.0 Å². The Morgan fingerprint density at radius 3 is 1.91 bits per heavy atom. The number of primary amides is 1. The number of amides is 4. The zero-order valence-electron chi connectivity index (χ0n) is 20.2. The molecule has 0 aromatic heterocycles. The van der Waals surface area contributed by atoms with Crippen molar-refractivity contribution in [3.8, 4) is 0 Å². The van der Waals surface area contributed by atoms with E-state index >= 15 is 0 Å². The smallest absolute Gasteiger partial charge is 0.328 e. The van der Waals surface area contributed by atoms with E-state index in [0.29, 0.717) is 6.42 Å². The van der Waals surface area contributed by atoms with E-state index in [1.807, 2.05) is 12.2 Å². The van der Waals surface area contributed by atoms with Gasteiger partial charge >= 0.3 is 5.97 Å². The van der Waals surface area contributed by atoms with E-state index in [0.717, 1.165) is 6.92 Å². The Hall–Kier alpha value is -3.46. The first kappa shape index (κ1) is 31.5. The van der Waals surface area contributed by atoms with Crippen LogP contribution in [0.25, 0.3) is 0 Å². The SMILES string of the molecule is CCC(C)C(N)C(=O)NC(CCCN=C(N)N)C(=O)NC(CC(N)=O)C(=O)NC(C(=O)O)C(C)O. The number of aliphatic carboxylic acids is 1. The molecular weight excluding hydrogens is 464 g/mol. The monoisotopic (exact) mass is 502 g/mol. The van der Waals surface area contributed by atoms with Gasteiger partial charge in [-0.15, -0.1) is 0 Å². The summed E-state index contributed by atoms with van der Waals surface area (Å²) in [7, 11) is 0. The van der Waals surface area contributed by atoms with Crippen molar-refractivity contribution < 1.29 is 34.2 Å². The molecular formula is C20H38N8O7. The molecule has 0 spiro atoms. The number of aliphatic imine (C=N–C) groups is 1. The summed E-state index contributed by atoms with van der Waals surface area (Å²) >= 11 is 0. The summed E-state index contributed by atoms with van der Waals surface area (Å²) < 4.78 is 0. The Balaban J connectivity index is 5.66. The molecule has 15 heteroatoms. The van der Waals surface area contributed by atoms with E-state index in [9.17, 15) is 29.1 Å². The van der Waals surface area contributed by atoms with Crippen molar-refractivity contribution in [3.63, 3.8) is 0 Å². The standard InChI is InChI=1S/C20H38N8O7/c1-4-9(2)14(22)18(33)26-11(6-5-7-25-20(23)24)16(31)27-12(8-13(21)30)17(32)28-15(10(3)29)19(34)35/h9-12,14-15,29H,4-8,22H2,1-3H3,(H2,21,30)(H,26,33)(H,27,31)(H,28,32)(H,34,35)(H4,23,24,25). The molecule has 4 amide bonds. The Morgan fingerprint density at radius 2 is 1.46 bits per heavy atom. The molecule has 0 saturated carbocycles. The first-order chi connectivity index (χ1) is 16.2. The second-order valence-corrected chi connectivity index (χ2v) is 8.22. The maximum absolute atomic E-state index is 13.0. The summed E-state index contributed by atoms with van der Waals surface area (Å²) in [5, 5.41) is 25.6. The molecule has 0 aromatic carbocycles. The molecule has 0 fully saturated rings. The van der Waals surface area contributed by atoms with Crippen LogP contribution in [0.1, 0.15) is 46.5 Å². The van der Waals surface area contributed by atoms with Gasteiger partial charge in [0.1, 0.15) is 12.1 Å². The number of rotatable bonds is 16. The summed E-state index contributed by atoms with van der Waals surface area (Å²) in [6.07, 6.45) is -1.19. The highest BCUT2D eigenvalue weighted by Crippen LogP contribution is 2.08. The molecule has 0 bridgehead atoms. The van der Waals surface area contributed by atoms with Gasteiger partial charge in [-0.25, -0.2) is 4.79 Å². The summed E-state index contributed by atoms with van der Waals surface area (Å²) in [4.78, 5) is 64.7. The lowest BCUT2D eigenvalue weighted by Gasteiger charge is -2.26. The maximum atomic E-state index is 13.0. The largest absolute Gasteiger partial charge is 0.480 e. The third-order valence-corrected chi connectivity index (χ3v) is 5.22. The summed E-state index contributed by atoms with van der Waals surface area (Å²) in [6.45, 7) is 4.91. The summed E-state index contributed by atoms with van der Waals surface area (Å²) in [5.74, 6) is -5.32. The third-order valence-electron chi connectivity index (χ3n) is 5.22. The van der Waals surface area contributed by atoms with E-state index in [1.54, 1.807) is 6.92 Å². The predicted molar refractivity (Wildman–Crippen MR) is 126 cm³/mol. The van der Waals surface area contributed by atoms with Gasteiger partial charge < -0.3 is 49.1 Å². The number of nitrogens with zero attached hydrogens (tertiary/aromatic N) is 1. The van der Waals surface area contributed by atoms with Crippen LogP contribution >= 0.6 is 0 Å². The molecule has 0 heterocycles. The second kappa shape index (κ2) is 15.4. The summed E-state index contributed by atoms with van der Waals surface area (Å²) in [5.41, 5.74) is 21.7. The van der Waals surface area contributed by atoms with E-state index < -0.39 is 66.3 Å². The van der Waals surface area contributed by atoms with Crippen LogP contribution in [0.3, 0.4) is 0 Å². The van der Waals surface area contributed by atoms with E-state index in [4.69, 9.17) is 28.0 Å². The Labute approximate surface area is 203 Å². The fourth-order valence-electron chi connectivity index (χ4n) is 2.88. The molecule has 35 heavy (non-hydrogen) atoms. The molecule has 0 aliphatic carbocycles. The molecule has 200 valence electrons. The van der Waals surface area contributed by atoms with Gasteiger partial charge in [0, 0.05) is 6.54 Å². The van der Waals surface area contributed by atoms with Crippen LogP contribution in [0.15, 0.2) is 4.99 Å². The van der Waals surface area contributed by atoms with Crippen LogP contribution in [0.2, 0.25) is 0 Å². The van der Waals surface area contributed by atoms with Crippen LogP contribution in [0.4, 0.5) is 0 Å². The maximum Gasteiger partial charge on any atom is 0.328 e. The summed E-state index contributed by atoms with van der Waals surface area (Å²) in [6, 6.07) is -5.35. The number of hydrogen-bond donors (Lipinski definition) is 9. The number of aliphatic hydroxyl groups excluding tert-OH is 1. The number of carboxylic acids is 1. The molecule has 0 saturated heterocycles. The number of carbonyl (C=O) groups is 5. The van der Waals surface area contributed by atoms with Crippen molar-refractivity contribution >= 4 is 35.6 Å². The molecule has 0 aliphatic heterocycles. The van der Waals surface area contributed by atoms with Gasteiger partial charge in [0.2, 0.25) is 23.6 Å². The van der Waals surface area contributed by atoms with E-state index in [2.05, 4.69) is 15.6 Å². The Kier molecular flexibility index (Phi) is 13.9. The second-order valence-electron chi connectivity index (χ2n) is 8.22. The molecule has 0 radical (unpaired) electrons. The minimum Gasteiger partial charge on any atom is -0.480 e. The van der Waals surface area contributed by atoms with Gasteiger partial charge in [-0.2, -0.15) is 0 Å². The van der Waals surface area contributed by atoms with Gasteiger partial charge in [-0.1, -0.05) is 20.3 Å². The van der Waals surface area contributed by atoms with Gasteiger partial charge in [-0.05, 0) is 25.7 Å². The van der Waals surface area contributed by atoms with Crippen molar-refractivity contribution in [3.05, 3.63) is 0 Å². The fraction of sp³-hybridized carbons (Fsp3) is 0.700. The van der Waals surface area contributed by atoms with Gasteiger partial charge in [0.15, 0.2) is 12.0 Å². The number of nitrogens with one attached hydrogen (secondary N) is 3. The van der Waals surface area contributed by atoms with Crippen LogP contribution in [-0.4, -0.2) is 82.6 Å². The Morgan fingerprint density at radius 1 is 0.914 bits per heavy atom. The molecule has 13 N–H and O–H groups in total. The first-order valence-corrected chi connectivity index (χ1v) is 11.1. The van der Waals surface area contributed by atoms with Gasteiger partial charge in [0.25, 0.3) is 0 Å². The lowest BCUT2D eigenvalue weighted by molar-refractivity contribution is -0.145. The van der Waals surface area contributed by atoms with Crippen molar-refractivity contribution in [2.75, 3.05) is 6.54 Å². The number of nitrogens with two attached hydrogens (primary N) is 4. The molecule has 0 rings (SSSR count). The average molecular weight is 503 g/mol. The van der Waals surface area contributed by atoms with E-state index in [1.165, 1.54) is 0 Å². The number of carboxylic acid groups (broad SMARTS) is 1. The highest BCUT2D eigenvalue weighted by atomic mass is 16.4. The molecule has 6 unspecified atom stereocenters. The average Bonchev–Trinajstić information content (AvgIpc) is 2.76. The first-order valence-electron chi connectivity index (χ1n) is 11.1. The highest BCUT2D eigenvalue weighted by molar-refractivity contribution is 5.96. The lowest BCUT2D eigenvalue weighted by Crippen LogP contribution is -2.59. The van der Waals surface area contributed by atoms with Crippen molar-refractivity contribution in [1.82, 2.24) is 16.0 Å². The van der Waals surface area contributed by atoms with Crippen molar-refractivity contribution in [2.24, 2.45) is 33.8 Å². The number of hydrogen-bond acceptors (Lipinski definition) is 8. The van der Waals surface area contributed by atoms with Crippen LogP contribution in [0, 0.1) is 5.92 Å². The number of aliphatic hydroxyl groups is 1. The number of carbonyl (C=O) groups excluding carboxylic acids is 4. The van der Waals surface area contributed by atoms with Crippen LogP contribution in [0.5, 0.6) is 0 Å². The Bertz CT molecular complexity index is 785. The topological polar surface area (TPSA) is 278 Å². The molecule has 6 atom stereocenters. The fourth-order valence-corrected chi connectivity index (χ4v) is 2.88. The number of guanidine groups is 1. The molecule has 0 aliphatic rings. The third kappa shape index (κ3) is 12.0. The van der Waals surface area contributed by atoms with Crippen molar-refractivity contribution in [2.45, 2.75) is 76.7 Å². The minimum absolute atomic E-state index is 0.0535. The normalized spacial score (nSPS) is 15.9. The predicted octanol–water partition coefficient (Wildman–Crippen LogP) is -3.79. The van der Waals surface area contributed by atoms with Crippen LogP contribution < -0.4 is 38.9 Å². The van der Waals surface area contributed by atoms with Gasteiger partial charge in [0.05, 0.1) is 18.6 Å². The van der Waals surface area contributed by atoms with E-state index in [-0.39, 0.29) is 31.3 Å². The highest BCUT2D eigenvalue weighted by Gasteiger charge is 2.33. The molecule has 0 aromatic rings. The zero-order chi connectivity index (χ0) is 27.3. The van der Waals surface area contributed by atoms with Crippen molar-refractivity contribution in [1.29, 1.82) is 0 Å². The lowest BCUT2D eigenvalue weighted by atomic mass is 9.98. The molecule has 15 nitrogen and oxygen atoms in total. The van der Waals surface area contributed by atoms with Gasteiger partial charge in [-0.3, -0.25) is 24.2 Å². The quantitative estimate of drug-likeness (QED) is 0.0563.